The third-order valence-corrected chi connectivity index (χ3v) is 4.28. The van der Waals surface area contributed by atoms with E-state index in [1.165, 1.54) is 0 Å². The molecule has 0 radical (unpaired) electrons. The van der Waals surface area contributed by atoms with Gasteiger partial charge in [0, 0.05) is 23.4 Å². The molecule has 2 rings (SSSR count). The first-order valence-electron chi connectivity index (χ1n) is 7.15. The van der Waals surface area contributed by atoms with Gasteiger partial charge in [-0.25, -0.2) is 0 Å². The summed E-state index contributed by atoms with van der Waals surface area (Å²) in [6, 6.07) is 7.64. The zero-order valence-electron chi connectivity index (χ0n) is 11.5. The van der Waals surface area contributed by atoms with Crippen molar-refractivity contribution in [3.8, 4) is 0 Å². The van der Waals surface area contributed by atoms with Gasteiger partial charge in [-0.05, 0) is 43.5 Å². The number of benzene rings is 1. The first-order valence-corrected chi connectivity index (χ1v) is 7.52. The van der Waals surface area contributed by atoms with Crippen molar-refractivity contribution in [2.75, 3.05) is 13.1 Å². The number of Topliss-reactive ketones (excluding diaryl/α,β-unsaturated/α-hetero) is 1. The fourth-order valence-electron chi connectivity index (χ4n) is 3.06. The molecule has 0 amide bonds. The van der Waals surface area contributed by atoms with E-state index in [0.29, 0.717) is 17.2 Å². The highest BCUT2D eigenvalue weighted by Crippen LogP contribution is 2.34. The van der Waals surface area contributed by atoms with Gasteiger partial charge in [0.25, 0.3) is 0 Å². The Hall–Kier alpha value is -0.860. The summed E-state index contributed by atoms with van der Waals surface area (Å²) in [6.45, 7) is 4.03. The number of carbonyl (C=O) groups excluding carboxylic acids is 1. The van der Waals surface area contributed by atoms with E-state index in [1.54, 1.807) is 0 Å². The SMILES string of the molecule is CCCC1(C(=O)Cc2cccc(Cl)c2)CCCNC1. The van der Waals surface area contributed by atoms with Crippen LogP contribution in [-0.2, 0) is 11.2 Å². The zero-order valence-corrected chi connectivity index (χ0v) is 12.3. The van der Waals surface area contributed by atoms with Gasteiger partial charge >= 0.3 is 0 Å². The standard InChI is InChI=1S/C16H22ClNO/c1-2-7-16(8-4-9-18-12-16)15(19)11-13-5-3-6-14(17)10-13/h3,5-6,10,18H,2,4,7-9,11-12H2,1H3. The van der Waals surface area contributed by atoms with Crippen molar-refractivity contribution in [2.24, 2.45) is 5.41 Å². The highest BCUT2D eigenvalue weighted by atomic mass is 35.5. The highest BCUT2D eigenvalue weighted by Gasteiger charge is 2.37. The van der Waals surface area contributed by atoms with Gasteiger partial charge in [0.1, 0.15) is 5.78 Å². The predicted molar refractivity (Wildman–Crippen MR) is 79.6 cm³/mol. The molecule has 3 heteroatoms. The minimum atomic E-state index is -0.157. The number of rotatable bonds is 5. The summed E-state index contributed by atoms with van der Waals surface area (Å²) in [7, 11) is 0. The van der Waals surface area contributed by atoms with Crippen molar-refractivity contribution in [2.45, 2.75) is 39.0 Å². The Balaban J connectivity index is 2.11. The maximum atomic E-state index is 12.7. The highest BCUT2D eigenvalue weighted by molar-refractivity contribution is 6.30. The molecule has 1 unspecified atom stereocenters. The van der Waals surface area contributed by atoms with E-state index < -0.39 is 0 Å². The molecular formula is C16H22ClNO. The number of carbonyl (C=O) groups is 1. The lowest BCUT2D eigenvalue weighted by Crippen LogP contribution is -2.46. The summed E-state index contributed by atoms with van der Waals surface area (Å²) in [5.74, 6) is 0.365. The van der Waals surface area contributed by atoms with Crippen molar-refractivity contribution < 1.29 is 4.79 Å². The first kappa shape index (κ1) is 14.5. The largest absolute Gasteiger partial charge is 0.316 e. The van der Waals surface area contributed by atoms with Crippen molar-refractivity contribution in [3.05, 3.63) is 34.9 Å². The van der Waals surface area contributed by atoms with Gasteiger partial charge in [0.2, 0.25) is 0 Å². The average Bonchev–Trinajstić information content (AvgIpc) is 2.40. The van der Waals surface area contributed by atoms with E-state index in [4.69, 9.17) is 11.6 Å². The minimum absolute atomic E-state index is 0.157. The minimum Gasteiger partial charge on any atom is -0.316 e. The number of nitrogens with one attached hydrogen (secondary N) is 1. The summed E-state index contributed by atoms with van der Waals surface area (Å²) in [6.07, 6.45) is 4.67. The molecule has 1 saturated heterocycles. The van der Waals surface area contributed by atoms with Gasteiger partial charge in [-0.15, -0.1) is 0 Å². The predicted octanol–water partition coefficient (Wildman–Crippen LogP) is 3.62. The van der Waals surface area contributed by atoms with Crippen molar-refractivity contribution in [3.63, 3.8) is 0 Å². The van der Waals surface area contributed by atoms with Crippen LogP contribution in [0.1, 0.15) is 38.2 Å². The summed E-state index contributed by atoms with van der Waals surface area (Å²) in [5.41, 5.74) is 0.869. The van der Waals surface area contributed by atoms with Crippen molar-refractivity contribution in [1.82, 2.24) is 5.32 Å². The van der Waals surface area contributed by atoms with Crippen LogP contribution in [0, 0.1) is 5.41 Å². The molecule has 0 bridgehead atoms. The van der Waals surface area contributed by atoms with Gasteiger partial charge in [-0.2, -0.15) is 0 Å². The second-order valence-corrected chi connectivity index (χ2v) is 5.98. The molecule has 1 aliphatic heterocycles. The summed E-state index contributed by atoms with van der Waals surface area (Å²) < 4.78 is 0. The molecule has 0 aliphatic carbocycles. The van der Waals surface area contributed by atoms with E-state index in [2.05, 4.69) is 12.2 Å². The van der Waals surface area contributed by atoms with E-state index in [9.17, 15) is 4.79 Å². The summed E-state index contributed by atoms with van der Waals surface area (Å²) >= 11 is 5.99. The molecule has 0 spiro atoms. The topological polar surface area (TPSA) is 29.1 Å². The maximum Gasteiger partial charge on any atom is 0.144 e. The number of halogens is 1. The maximum absolute atomic E-state index is 12.7. The van der Waals surface area contributed by atoms with E-state index in [1.807, 2.05) is 24.3 Å². The van der Waals surface area contributed by atoms with Crippen LogP contribution in [0.25, 0.3) is 0 Å². The third kappa shape index (κ3) is 3.58. The molecule has 1 aliphatic rings. The van der Waals surface area contributed by atoms with E-state index in [-0.39, 0.29) is 5.41 Å². The molecule has 1 heterocycles. The molecule has 19 heavy (non-hydrogen) atoms. The lowest BCUT2D eigenvalue weighted by molar-refractivity contribution is -0.129. The zero-order chi connectivity index (χ0) is 13.7. The number of hydrogen-bond acceptors (Lipinski definition) is 2. The Morgan fingerprint density at radius 3 is 2.95 bits per heavy atom. The Morgan fingerprint density at radius 2 is 2.32 bits per heavy atom. The molecule has 1 fully saturated rings. The second kappa shape index (κ2) is 6.53. The first-order chi connectivity index (χ1) is 9.16. The summed E-state index contributed by atoms with van der Waals surface area (Å²) in [4.78, 5) is 12.7. The Bertz CT molecular complexity index is 433. The molecule has 1 aromatic rings. The van der Waals surface area contributed by atoms with E-state index in [0.717, 1.165) is 44.3 Å². The Morgan fingerprint density at radius 1 is 1.47 bits per heavy atom. The van der Waals surface area contributed by atoms with E-state index >= 15 is 0 Å². The molecule has 1 aromatic carbocycles. The molecule has 1 atom stereocenters. The van der Waals surface area contributed by atoms with Crippen molar-refractivity contribution >= 4 is 17.4 Å². The van der Waals surface area contributed by atoms with Gasteiger partial charge in [-0.3, -0.25) is 4.79 Å². The third-order valence-electron chi connectivity index (χ3n) is 4.05. The van der Waals surface area contributed by atoms with Gasteiger partial charge in [0.05, 0.1) is 0 Å². The van der Waals surface area contributed by atoms with Gasteiger partial charge in [0.15, 0.2) is 0 Å². The van der Waals surface area contributed by atoms with Gasteiger partial charge < -0.3 is 5.32 Å². The van der Waals surface area contributed by atoms with Crippen LogP contribution in [0.4, 0.5) is 0 Å². The average molecular weight is 280 g/mol. The fraction of sp³-hybridized carbons (Fsp3) is 0.562. The van der Waals surface area contributed by atoms with Crippen LogP contribution >= 0.6 is 11.6 Å². The van der Waals surface area contributed by atoms with Crippen molar-refractivity contribution in [1.29, 1.82) is 0 Å². The lowest BCUT2D eigenvalue weighted by Gasteiger charge is -2.36. The smallest absolute Gasteiger partial charge is 0.144 e. The number of piperidine rings is 1. The Kier molecular flexibility index (Phi) is 5.00. The van der Waals surface area contributed by atoms with Crippen LogP contribution < -0.4 is 5.32 Å². The molecule has 2 nitrogen and oxygen atoms in total. The van der Waals surface area contributed by atoms with Crippen LogP contribution in [0.3, 0.4) is 0 Å². The molecular weight excluding hydrogens is 258 g/mol. The van der Waals surface area contributed by atoms with Crippen LogP contribution in [0.15, 0.2) is 24.3 Å². The van der Waals surface area contributed by atoms with Crippen LogP contribution in [0.2, 0.25) is 5.02 Å². The lowest BCUT2D eigenvalue weighted by atomic mass is 9.72. The Labute approximate surface area is 120 Å². The molecule has 1 N–H and O–H groups in total. The molecule has 0 saturated carbocycles. The monoisotopic (exact) mass is 279 g/mol. The molecule has 0 aromatic heterocycles. The summed E-state index contributed by atoms with van der Waals surface area (Å²) in [5, 5.41) is 4.10. The normalized spacial score (nSPS) is 23.3. The van der Waals surface area contributed by atoms with Crippen LogP contribution in [-0.4, -0.2) is 18.9 Å². The number of ketones is 1. The van der Waals surface area contributed by atoms with Crippen LogP contribution in [0.5, 0.6) is 0 Å². The van der Waals surface area contributed by atoms with Gasteiger partial charge in [-0.1, -0.05) is 37.1 Å². The second-order valence-electron chi connectivity index (χ2n) is 5.54. The quantitative estimate of drug-likeness (QED) is 0.892. The fourth-order valence-corrected chi connectivity index (χ4v) is 3.27. The molecule has 104 valence electrons. The number of hydrogen-bond donors (Lipinski definition) is 1.